The Kier molecular flexibility index (Phi) is 6.82. The monoisotopic (exact) mass is 674 g/mol. The summed E-state index contributed by atoms with van der Waals surface area (Å²) in [5, 5.41) is -7.78. The summed E-state index contributed by atoms with van der Waals surface area (Å²) in [6.07, 6.45) is 0. The zero-order valence-electron chi connectivity index (χ0n) is 16.5. The fourth-order valence-electron chi connectivity index (χ4n) is 3.52. The van der Waals surface area contributed by atoms with E-state index in [1.807, 2.05) is 0 Å². The van der Waals surface area contributed by atoms with Gasteiger partial charge >= 0.3 is 202 Å². The summed E-state index contributed by atoms with van der Waals surface area (Å²) in [6, 6.07) is 0. The van der Waals surface area contributed by atoms with Crippen molar-refractivity contribution in [2.45, 2.75) is 0 Å². The number of hydrogen-bond acceptors (Lipinski definition) is 0. The van der Waals surface area contributed by atoms with E-state index < -0.39 is 107 Å². The van der Waals surface area contributed by atoms with Crippen LogP contribution < -0.4 is 15.9 Å². The molecule has 0 saturated carbocycles. The van der Waals surface area contributed by atoms with Gasteiger partial charge < -0.3 is 0 Å². The number of rotatable bonds is 3. The summed E-state index contributed by atoms with van der Waals surface area (Å²) in [5.74, 6) is -45.0. The van der Waals surface area contributed by atoms with Crippen LogP contribution in [-0.4, -0.2) is 6.66 Å². The molecule has 0 amide bonds. The van der Waals surface area contributed by atoms with Crippen molar-refractivity contribution in [1.29, 1.82) is 0 Å². The van der Waals surface area contributed by atoms with Crippen LogP contribution in [0.5, 0.6) is 0 Å². The zero-order valence-corrected chi connectivity index (χ0v) is 19.5. The molecule has 0 aliphatic carbocycles. The molecule has 3 aromatic rings. The van der Waals surface area contributed by atoms with E-state index >= 15 is 0 Å². The average Bonchev–Trinajstić information content (AvgIpc) is 2.81. The van der Waals surface area contributed by atoms with Gasteiger partial charge in [0.05, 0.1) is 0 Å². The standard InChI is InChI=1S/C19H3F15IP/c1-36(35,17-11(29)5(23)2(20)6(24)12(17)30,18-13(31)7(25)3(21)8(26)14(18)32)19-15(33)9(27)4(22)10(28)16(19)34/h1H3. The van der Waals surface area contributed by atoms with Crippen molar-refractivity contribution in [1.82, 2.24) is 0 Å². The van der Waals surface area contributed by atoms with Crippen LogP contribution in [0.3, 0.4) is 0 Å². The molecule has 0 nitrogen and oxygen atoms in total. The topological polar surface area (TPSA) is 0 Å². The van der Waals surface area contributed by atoms with Crippen molar-refractivity contribution in [3.8, 4) is 0 Å². The summed E-state index contributed by atoms with van der Waals surface area (Å²) >= 11 is 0.219. The van der Waals surface area contributed by atoms with Gasteiger partial charge in [-0.1, -0.05) is 0 Å². The van der Waals surface area contributed by atoms with Gasteiger partial charge in [0, 0.05) is 0 Å². The molecule has 17 heteroatoms. The van der Waals surface area contributed by atoms with Crippen molar-refractivity contribution < 1.29 is 65.9 Å². The molecule has 0 atom stereocenters. The van der Waals surface area contributed by atoms with Crippen LogP contribution >= 0.6 is 26.3 Å². The maximum absolute atomic E-state index is 14.9. The Morgan fingerprint density at radius 3 is 0.556 bits per heavy atom. The van der Waals surface area contributed by atoms with Crippen LogP contribution in [0.4, 0.5) is 65.9 Å². The van der Waals surface area contributed by atoms with Crippen molar-refractivity contribution in [2.75, 3.05) is 6.66 Å². The fourth-order valence-corrected chi connectivity index (χ4v) is 11.4. The van der Waals surface area contributed by atoms with Crippen molar-refractivity contribution in [3.05, 3.63) is 87.3 Å². The summed E-state index contributed by atoms with van der Waals surface area (Å²) < 4.78 is 207. The van der Waals surface area contributed by atoms with Crippen LogP contribution in [0.1, 0.15) is 0 Å². The third kappa shape index (κ3) is 3.42. The Bertz CT molecular complexity index is 1220. The Labute approximate surface area is 202 Å². The molecule has 0 aliphatic rings. The molecule has 0 fully saturated rings. The van der Waals surface area contributed by atoms with Gasteiger partial charge in [-0.05, 0) is 0 Å². The molecule has 0 heterocycles. The molecule has 36 heavy (non-hydrogen) atoms. The SMILES string of the molecule is CP(I)(c1c(F)c(F)c(F)c(F)c1F)(c1c(F)c(F)c(F)c(F)c1F)c1c(F)c(F)c(F)c(F)c1F. The number of hydrogen-bond donors (Lipinski definition) is 0. The first-order valence-corrected chi connectivity index (χ1v) is 14.1. The van der Waals surface area contributed by atoms with E-state index in [1.54, 1.807) is 0 Å². The maximum atomic E-state index is 14.9. The van der Waals surface area contributed by atoms with Crippen molar-refractivity contribution in [3.63, 3.8) is 0 Å². The van der Waals surface area contributed by atoms with Gasteiger partial charge in [-0.3, -0.25) is 0 Å². The van der Waals surface area contributed by atoms with E-state index in [0.717, 1.165) is 0 Å². The van der Waals surface area contributed by atoms with Crippen LogP contribution in [0, 0.1) is 87.3 Å². The Morgan fingerprint density at radius 2 is 0.417 bits per heavy atom. The molecule has 0 radical (unpaired) electrons. The average molecular weight is 674 g/mol. The van der Waals surface area contributed by atoms with E-state index in [-0.39, 0.29) is 28.7 Å². The number of benzene rings is 3. The minimum absolute atomic E-state index is 0.138. The summed E-state index contributed by atoms with van der Waals surface area (Å²) in [7, 11) is 0. The van der Waals surface area contributed by atoms with Gasteiger partial charge in [0.25, 0.3) is 0 Å². The second-order valence-electron chi connectivity index (χ2n) is 7.18. The second-order valence-corrected chi connectivity index (χ2v) is 18.6. The molecule has 3 rings (SSSR count). The Hall–Kier alpha value is -2.23. The quantitative estimate of drug-likeness (QED) is 0.0969. The third-order valence-electron chi connectivity index (χ3n) is 5.16. The first-order chi connectivity index (χ1) is 16.3. The van der Waals surface area contributed by atoms with Gasteiger partial charge in [0.15, 0.2) is 0 Å². The summed E-state index contributed by atoms with van der Waals surface area (Å²) in [4.78, 5) is 0. The molecule has 0 aliphatic heterocycles. The van der Waals surface area contributed by atoms with E-state index in [4.69, 9.17) is 0 Å². The summed E-state index contributed by atoms with van der Waals surface area (Å²) in [5.41, 5.74) is 0. The molecule has 0 spiro atoms. The Morgan fingerprint density at radius 1 is 0.306 bits per heavy atom. The molecule has 0 N–H and O–H groups in total. The predicted octanol–water partition coefficient (Wildman–Crippen LogP) is 6.58. The fraction of sp³-hybridized carbons (Fsp3) is 0.0526. The van der Waals surface area contributed by atoms with E-state index in [0.29, 0.717) is 0 Å². The van der Waals surface area contributed by atoms with Crippen molar-refractivity contribution >= 4 is 42.2 Å². The van der Waals surface area contributed by atoms with E-state index in [1.165, 1.54) is 0 Å². The molecule has 196 valence electrons. The van der Waals surface area contributed by atoms with Gasteiger partial charge in [0.1, 0.15) is 0 Å². The molecule has 0 bridgehead atoms. The predicted molar refractivity (Wildman–Crippen MR) is 104 cm³/mol. The van der Waals surface area contributed by atoms with E-state index in [9.17, 15) is 65.9 Å². The molecule has 0 saturated heterocycles. The first kappa shape index (κ1) is 28.3. The molecule has 3 aromatic carbocycles. The Balaban J connectivity index is 2.88. The van der Waals surface area contributed by atoms with Crippen LogP contribution in [-0.2, 0) is 0 Å². The molecular weight excluding hydrogens is 671 g/mol. The van der Waals surface area contributed by atoms with Crippen LogP contribution in [0.25, 0.3) is 0 Å². The molecule has 0 unspecified atom stereocenters. The molecular formula is C19H3F15IP. The van der Waals surface area contributed by atoms with Crippen LogP contribution in [0.15, 0.2) is 0 Å². The third-order valence-corrected chi connectivity index (χ3v) is 13.9. The van der Waals surface area contributed by atoms with Crippen LogP contribution in [0.2, 0.25) is 0 Å². The van der Waals surface area contributed by atoms with Gasteiger partial charge in [0.2, 0.25) is 0 Å². The second kappa shape index (κ2) is 8.67. The first-order valence-electron chi connectivity index (χ1n) is 8.62. The van der Waals surface area contributed by atoms with E-state index in [2.05, 4.69) is 0 Å². The zero-order chi connectivity index (χ0) is 27.8. The van der Waals surface area contributed by atoms with Crippen molar-refractivity contribution in [2.24, 2.45) is 0 Å². The summed E-state index contributed by atoms with van der Waals surface area (Å²) in [6.45, 7) is -0.138. The number of halogens is 16. The normalized spacial score (nSPS) is 13.2. The van der Waals surface area contributed by atoms with Gasteiger partial charge in [-0.2, -0.15) is 0 Å². The van der Waals surface area contributed by atoms with Gasteiger partial charge in [-0.25, -0.2) is 0 Å². The minimum atomic E-state index is -7.15. The van der Waals surface area contributed by atoms with Gasteiger partial charge in [-0.15, -0.1) is 0 Å². The molecule has 0 aromatic heterocycles.